The first kappa shape index (κ1) is 12.5. The fourth-order valence-corrected chi connectivity index (χ4v) is 1.19. The molecule has 0 atom stereocenters. The predicted octanol–water partition coefficient (Wildman–Crippen LogP) is 0.791. The molecule has 0 unspecified atom stereocenters. The molecule has 0 aliphatic carbocycles. The summed E-state index contributed by atoms with van der Waals surface area (Å²) in [5.74, 6) is 0.816. The number of para-hydroxylation sites is 1. The van der Waals surface area contributed by atoms with Crippen molar-refractivity contribution in [2.24, 2.45) is 0 Å². The van der Waals surface area contributed by atoms with Gasteiger partial charge in [-0.1, -0.05) is 18.2 Å². The SMILES string of the molecule is CNCCNC(=O)CCOc1ccccc1. The Morgan fingerprint density at radius 3 is 2.69 bits per heavy atom. The van der Waals surface area contributed by atoms with Gasteiger partial charge in [0.15, 0.2) is 0 Å². The standard InChI is InChI=1S/C12H18N2O2/c1-13-8-9-14-12(15)7-10-16-11-5-3-2-4-6-11/h2-6,13H,7-10H2,1H3,(H,14,15). The highest BCUT2D eigenvalue weighted by atomic mass is 16.5. The molecule has 0 aliphatic rings. The van der Waals surface area contributed by atoms with Crippen LogP contribution < -0.4 is 15.4 Å². The second-order valence-electron chi connectivity index (χ2n) is 3.37. The van der Waals surface area contributed by atoms with Crippen molar-refractivity contribution >= 4 is 5.91 Å². The van der Waals surface area contributed by atoms with E-state index < -0.39 is 0 Å². The van der Waals surface area contributed by atoms with Crippen LogP contribution in [0.15, 0.2) is 30.3 Å². The van der Waals surface area contributed by atoms with Crippen molar-refractivity contribution in [2.45, 2.75) is 6.42 Å². The smallest absolute Gasteiger partial charge is 0.223 e. The third-order valence-corrected chi connectivity index (χ3v) is 2.04. The third-order valence-electron chi connectivity index (χ3n) is 2.04. The molecule has 0 radical (unpaired) electrons. The Bertz CT molecular complexity index is 301. The van der Waals surface area contributed by atoms with Crippen molar-refractivity contribution in [1.29, 1.82) is 0 Å². The topological polar surface area (TPSA) is 50.4 Å². The molecular weight excluding hydrogens is 204 g/mol. The van der Waals surface area contributed by atoms with Crippen LogP contribution in [0, 0.1) is 0 Å². The first-order valence-electron chi connectivity index (χ1n) is 5.42. The van der Waals surface area contributed by atoms with E-state index in [4.69, 9.17) is 4.74 Å². The van der Waals surface area contributed by atoms with Gasteiger partial charge in [0, 0.05) is 13.1 Å². The lowest BCUT2D eigenvalue weighted by atomic mass is 10.3. The molecule has 4 heteroatoms. The summed E-state index contributed by atoms with van der Waals surface area (Å²) in [7, 11) is 1.85. The minimum absolute atomic E-state index is 0.0196. The number of ether oxygens (including phenoxy) is 1. The van der Waals surface area contributed by atoms with Crippen LogP contribution in [-0.4, -0.2) is 32.7 Å². The van der Waals surface area contributed by atoms with Gasteiger partial charge in [0.05, 0.1) is 13.0 Å². The molecule has 0 spiro atoms. The highest BCUT2D eigenvalue weighted by Gasteiger charge is 2.00. The van der Waals surface area contributed by atoms with Crippen molar-refractivity contribution in [3.05, 3.63) is 30.3 Å². The molecule has 1 aromatic rings. The fraction of sp³-hybridized carbons (Fsp3) is 0.417. The molecule has 2 N–H and O–H groups in total. The lowest BCUT2D eigenvalue weighted by Crippen LogP contribution is -2.31. The van der Waals surface area contributed by atoms with Crippen LogP contribution in [0.2, 0.25) is 0 Å². The van der Waals surface area contributed by atoms with E-state index in [0.29, 0.717) is 19.6 Å². The van der Waals surface area contributed by atoms with E-state index in [-0.39, 0.29) is 5.91 Å². The van der Waals surface area contributed by atoms with Gasteiger partial charge < -0.3 is 15.4 Å². The number of rotatable bonds is 7. The van der Waals surface area contributed by atoms with Gasteiger partial charge in [0.2, 0.25) is 5.91 Å². The van der Waals surface area contributed by atoms with Crippen LogP contribution in [0.1, 0.15) is 6.42 Å². The number of carbonyl (C=O) groups excluding carboxylic acids is 1. The summed E-state index contributed by atoms with van der Waals surface area (Å²) in [5.41, 5.74) is 0. The summed E-state index contributed by atoms with van der Waals surface area (Å²) in [6, 6.07) is 9.49. The predicted molar refractivity (Wildman–Crippen MR) is 63.5 cm³/mol. The third kappa shape index (κ3) is 5.36. The second kappa shape index (κ2) is 7.70. The van der Waals surface area contributed by atoms with Gasteiger partial charge in [-0.05, 0) is 19.2 Å². The maximum absolute atomic E-state index is 11.3. The summed E-state index contributed by atoms with van der Waals surface area (Å²) >= 11 is 0. The van der Waals surface area contributed by atoms with E-state index in [9.17, 15) is 4.79 Å². The highest BCUT2D eigenvalue weighted by molar-refractivity contribution is 5.75. The Hall–Kier alpha value is -1.55. The first-order valence-corrected chi connectivity index (χ1v) is 5.42. The summed E-state index contributed by atoms with van der Waals surface area (Å²) in [4.78, 5) is 11.3. The minimum atomic E-state index is 0.0196. The number of carbonyl (C=O) groups is 1. The van der Waals surface area contributed by atoms with Crippen LogP contribution >= 0.6 is 0 Å². The Labute approximate surface area is 96.0 Å². The summed E-state index contributed by atoms with van der Waals surface area (Å²) in [6.07, 6.45) is 0.388. The lowest BCUT2D eigenvalue weighted by Gasteiger charge is -2.06. The maximum Gasteiger partial charge on any atom is 0.223 e. The van der Waals surface area contributed by atoms with Gasteiger partial charge in [0.25, 0.3) is 0 Å². The lowest BCUT2D eigenvalue weighted by molar-refractivity contribution is -0.121. The molecule has 0 aliphatic heterocycles. The zero-order chi connectivity index (χ0) is 11.6. The number of hydrogen-bond donors (Lipinski definition) is 2. The van der Waals surface area contributed by atoms with Crippen molar-refractivity contribution in [1.82, 2.24) is 10.6 Å². The fourth-order valence-electron chi connectivity index (χ4n) is 1.19. The van der Waals surface area contributed by atoms with Gasteiger partial charge in [-0.2, -0.15) is 0 Å². The van der Waals surface area contributed by atoms with Crippen molar-refractivity contribution in [3.63, 3.8) is 0 Å². The summed E-state index contributed by atoms with van der Waals surface area (Å²) in [5, 5.41) is 5.75. The molecule has 4 nitrogen and oxygen atoms in total. The van der Waals surface area contributed by atoms with Gasteiger partial charge >= 0.3 is 0 Å². The number of amides is 1. The molecule has 0 heterocycles. The van der Waals surface area contributed by atoms with Crippen molar-refractivity contribution in [2.75, 3.05) is 26.7 Å². The minimum Gasteiger partial charge on any atom is -0.493 e. The van der Waals surface area contributed by atoms with Gasteiger partial charge in [0.1, 0.15) is 5.75 Å². The Morgan fingerprint density at radius 1 is 1.25 bits per heavy atom. The van der Waals surface area contributed by atoms with Gasteiger partial charge in [-0.15, -0.1) is 0 Å². The average molecular weight is 222 g/mol. The van der Waals surface area contributed by atoms with Gasteiger partial charge in [-0.25, -0.2) is 0 Å². The van der Waals surface area contributed by atoms with Crippen molar-refractivity contribution in [3.8, 4) is 5.75 Å². The molecule has 0 saturated heterocycles. The zero-order valence-electron chi connectivity index (χ0n) is 9.53. The van der Waals surface area contributed by atoms with Crippen LogP contribution in [0.5, 0.6) is 5.75 Å². The molecule has 1 rings (SSSR count). The van der Waals surface area contributed by atoms with E-state index in [1.807, 2.05) is 37.4 Å². The Kier molecular flexibility index (Phi) is 6.03. The molecule has 1 aromatic carbocycles. The molecule has 0 bridgehead atoms. The first-order chi connectivity index (χ1) is 7.83. The molecule has 88 valence electrons. The van der Waals surface area contributed by atoms with Crippen LogP contribution in [0.4, 0.5) is 0 Å². The van der Waals surface area contributed by atoms with Crippen molar-refractivity contribution < 1.29 is 9.53 Å². The quantitative estimate of drug-likeness (QED) is 0.671. The largest absolute Gasteiger partial charge is 0.493 e. The highest BCUT2D eigenvalue weighted by Crippen LogP contribution is 2.08. The van der Waals surface area contributed by atoms with Crippen LogP contribution in [0.25, 0.3) is 0 Å². The van der Waals surface area contributed by atoms with E-state index in [1.54, 1.807) is 0 Å². The van der Waals surface area contributed by atoms with E-state index in [0.717, 1.165) is 12.3 Å². The summed E-state index contributed by atoms with van der Waals surface area (Å²) < 4.78 is 5.41. The Morgan fingerprint density at radius 2 is 2.00 bits per heavy atom. The van der Waals surface area contributed by atoms with Gasteiger partial charge in [-0.3, -0.25) is 4.79 Å². The number of benzene rings is 1. The molecule has 0 aromatic heterocycles. The van der Waals surface area contributed by atoms with E-state index in [1.165, 1.54) is 0 Å². The van der Waals surface area contributed by atoms with E-state index >= 15 is 0 Å². The zero-order valence-corrected chi connectivity index (χ0v) is 9.53. The number of likely N-dealkylation sites (N-methyl/N-ethyl adjacent to an activating group) is 1. The number of nitrogens with one attached hydrogen (secondary N) is 2. The molecule has 0 saturated carbocycles. The normalized spacial score (nSPS) is 9.81. The molecule has 0 fully saturated rings. The van der Waals surface area contributed by atoms with Crippen LogP contribution in [0.3, 0.4) is 0 Å². The molecular formula is C12H18N2O2. The van der Waals surface area contributed by atoms with Crippen LogP contribution in [-0.2, 0) is 4.79 Å². The average Bonchev–Trinajstić information content (AvgIpc) is 2.31. The van der Waals surface area contributed by atoms with E-state index in [2.05, 4.69) is 10.6 Å². The number of hydrogen-bond acceptors (Lipinski definition) is 3. The Balaban J connectivity index is 2.09. The molecule has 16 heavy (non-hydrogen) atoms. The monoisotopic (exact) mass is 222 g/mol. The summed E-state index contributed by atoms with van der Waals surface area (Å²) in [6.45, 7) is 1.85. The maximum atomic E-state index is 11.3. The molecule has 1 amide bonds. The second-order valence-corrected chi connectivity index (χ2v) is 3.37.